The van der Waals surface area contributed by atoms with Crippen LogP contribution < -0.4 is 15.4 Å². The number of aryl methyl sites for hydroxylation is 1. The van der Waals surface area contributed by atoms with Gasteiger partial charge in [-0.05, 0) is 68.3 Å². The fourth-order valence-electron chi connectivity index (χ4n) is 5.07. The van der Waals surface area contributed by atoms with Crippen LogP contribution in [0.1, 0.15) is 34.3 Å². The summed E-state index contributed by atoms with van der Waals surface area (Å²) in [5, 5.41) is 16.0. The number of amides is 2. The Morgan fingerprint density at radius 3 is 2.55 bits per heavy atom. The highest BCUT2D eigenvalue weighted by molar-refractivity contribution is 7.22. The average molecular weight is 581 g/mol. The maximum absolute atomic E-state index is 13.1. The monoisotopic (exact) mass is 580 g/mol. The molecule has 1 aromatic heterocycles. The minimum atomic E-state index is -0.448. The van der Waals surface area contributed by atoms with E-state index in [4.69, 9.17) is 4.74 Å². The summed E-state index contributed by atoms with van der Waals surface area (Å²) in [6.07, 6.45) is 1.65. The van der Waals surface area contributed by atoms with Gasteiger partial charge in [-0.3, -0.25) is 14.5 Å². The number of benzene rings is 3. The van der Waals surface area contributed by atoms with Crippen LogP contribution in [0.3, 0.4) is 0 Å². The summed E-state index contributed by atoms with van der Waals surface area (Å²) in [5.74, 6) is 0.907. The van der Waals surface area contributed by atoms with Gasteiger partial charge >= 0.3 is 0 Å². The highest BCUT2D eigenvalue weighted by Crippen LogP contribution is 2.47. The van der Waals surface area contributed by atoms with E-state index in [9.17, 15) is 14.9 Å². The number of hydrogen-bond donors (Lipinski definition) is 2. The van der Waals surface area contributed by atoms with Gasteiger partial charge in [0.15, 0.2) is 5.13 Å². The van der Waals surface area contributed by atoms with Crippen LogP contribution in [-0.2, 0) is 10.2 Å². The van der Waals surface area contributed by atoms with Crippen molar-refractivity contribution in [2.45, 2.75) is 25.2 Å². The largest absolute Gasteiger partial charge is 0.457 e. The van der Waals surface area contributed by atoms with Crippen molar-refractivity contribution in [2.75, 3.05) is 50.4 Å². The molecule has 214 valence electrons. The van der Waals surface area contributed by atoms with Crippen molar-refractivity contribution in [3.8, 4) is 17.6 Å². The number of carbonyl (C=O) groups is 2. The molecule has 4 aromatic rings. The van der Waals surface area contributed by atoms with E-state index < -0.39 is 5.41 Å². The third-order valence-electron chi connectivity index (χ3n) is 7.90. The second kappa shape index (κ2) is 11.5. The summed E-state index contributed by atoms with van der Waals surface area (Å²) in [6, 6.07) is 20.9. The van der Waals surface area contributed by atoms with Crippen LogP contribution in [0.2, 0.25) is 0 Å². The molecule has 3 aromatic carbocycles. The molecule has 0 radical (unpaired) electrons. The standard InChI is InChI=1S/C32H32N6O3S/c1-21-6-7-24(17-27(21)34-30(40)22-4-3-5-23(16-22)32(20-33)10-11-32)41-25-8-9-26-28(18-25)42-31(35-26)36-29(39)19-38-14-12-37(2)13-15-38/h3-9,16-18H,10-15,19H2,1-2H3,(H,34,40)(H,35,36,39). The quantitative estimate of drug-likeness (QED) is 0.288. The lowest BCUT2D eigenvalue weighted by molar-refractivity contribution is -0.117. The molecule has 1 saturated heterocycles. The molecule has 2 fully saturated rings. The first-order valence-electron chi connectivity index (χ1n) is 14.0. The lowest BCUT2D eigenvalue weighted by Gasteiger charge is -2.31. The predicted molar refractivity (Wildman–Crippen MR) is 164 cm³/mol. The first-order chi connectivity index (χ1) is 20.3. The van der Waals surface area contributed by atoms with Crippen molar-refractivity contribution in [3.63, 3.8) is 0 Å². The van der Waals surface area contributed by atoms with Crippen LogP contribution in [0.5, 0.6) is 11.5 Å². The number of hydrogen-bond acceptors (Lipinski definition) is 8. The smallest absolute Gasteiger partial charge is 0.255 e. The fraction of sp³-hybridized carbons (Fsp3) is 0.312. The predicted octanol–water partition coefficient (Wildman–Crippen LogP) is 5.39. The van der Waals surface area contributed by atoms with Gasteiger partial charge < -0.3 is 20.3 Å². The van der Waals surface area contributed by atoms with Crippen molar-refractivity contribution < 1.29 is 14.3 Å². The number of anilines is 2. The van der Waals surface area contributed by atoms with Crippen LogP contribution in [0, 0.1) is 18.3 Å². The highest BCUT2D eigenvalue weighted by Gasteiger charge is 2.45. The van der Waals surface area contributed by atoms with Gasteiger partial charge in [0, 0.05) is 49.6 Å². The number of nitriles is 1. The van der Waals surface area contributed by atoms with Gasteiger partial charge in [0.05, 0.1) is 28.2 Å². The number of nitrogens with zero attached hydrogens (tertiary/aromatic N) is 4. The van der Waals surface area contributed by atoms with Gasteiger partial charge in [-0.2, -0.15) is 5.26 Å². The number of ether oxygens (including phenoxy) is 1. The lowest BCUT2D eigenvalue weighted by Crippen LogP contribution is -2.47. The molecule has 6 rings (SSSR count). The molecule has 1 saturated carbocycles. The number of aromatic nitrogens is 1. The summed E-state index contributed by atoms with van der Waals surface area (Å²) in [5.41, 5.74) is 3.29. The third kappa shape index (κ3) is 6.14. The Morgan fingerprint density at radius 2 is 1.79 bits per heavy atom. The summed E-state index contributed by atoms with van der Waals surface area (Å²) in [7, 11) is 2.09. The van der Waals surface area contributed by atoms with E-state index in [2.05, 4.69) is 38.5 Å². The van der Waals surface area contributed by atoms with Crippen LogP contribution >= 0.6 is 11.3 Å². The molecule has 0 spiro atoms. The summed E-state index contributed by atoms with van der Waals surface area (Å²) >= 11 is 1.41. The SMILES string of the molecule is Cc1ccc(Oc2ccc3nc(NC(=O)CN4CCN(C)CC4)sc3c2)cc1NC(=O)c1cccc(C2(C#N)CC2)c1. The molecule has 2 amide bonds. The molecule has 1 aliphatic heterocycles. The molecular weight excluding hydrogens is 548 g/mol. The number of likely N-dealkylation sites (N-methyl/N-ethyl adjacent to an activating group) is 1. The second-order valence-electron chi connectivity index (χ2n) is 11.1. The number of thiazole rings is 1. The van der Waals surface area contributed by atoms with Gasteiger partial charge in [-0.15, -0.1) is 0 Å². The van der Waals surface area contributed by atoms with E-state index in [-0.39, 0.29) is 11.8 Å². The van der Waals surface area contributed by atoms with Gasteiger partial charge in [0.25, 0.3) is 5.91 Å². The van der Waals surface area contributed by atoms with Crippen LogP contribution in [-0.4, -0.2) is 66.4 Å². The zero-order valence-corrected chi connectivity index (χ0v) is 24.5. The van der Waals surface area contributed by atoms with Crippen molar-refractivity contribution in [2.24, 2.45) is 0 Å². The third-order valence-corrected chi connectivity index (χ3v) is 8.84. The molecule has 0 atom stereocenters. The van der Waals surface area contributed by atoms with Crippen molar-refractivity contribution in [1.82, 2.24) is 14.8 Å². The van der Waals surface area contributed by atoms with Crippen molar-refractivity contribution in [3.05, 3.63) is 77.4 Å². The Balaban J connectivity index is 1.11. The van der Waals surface area contributed by atoms with Gasteiger partial charge in [0.2, 0.25) is 5.91 Å². The lowest BCUT2D eigenvalue weighted by atomic mass is 9.96. The molecule has 1 aliphatic carbocycles. The van der Waals surface area contributed by atoms with Gasteiger partial charge in [-0.25, -0.2) is 4.98 Å². The first-order valence-corrected chi connectivity index (χ1v) is 14.8. The Bertz CT molecular complexity index is 1700. The number of nitrogens with one attached hydrogen (secondary N) is 2. The van der Waals surface area contributed by atoms with E-state index in [0.717, 1.165) is 60.4 Å². The van der Waals surface area contributed by atoms with E-state index in [1.807, 2.05) is 55.5 Å². The van der Waals surface area contributed by atoms with E-state index >= 15 is 0 Å². The Kier molecular flexibility index (Phi) is 7.64. The minimum absolute atomic E-state index is 0.0619. The fourth-order valence-corrected chi connectivity index (χ4v) is 5.98. The Labute approximate surface area is 248 Å². The molecule has 2 heterocycles. The Morgan fingerprint density at radius 1 is 1.02 bits per heavy atom. The highest BCUT2D eigenvalue weighted by atomic mass is 32.1. The molecular formula is C32H32N6O3S. The Hall–Kier alpha value is -4.30. The summed E-state index contributed by atoms with van der Waals surface area (Å²) < 4.78 is 7.05. The second-order valence-corrected chi connectivity index (χ2v) is 12.1. The van der Waals surface area contributed by atoms with Gasteiger partial charge in [0.1, 0.15) is 11.5 Å². The van der Waals surface area contributed by atoms with E-state index in [0.29, 0.717) is 34.4 Å². The molecule has 10 heteroatoms. The summed E-state index contributed by atoms with van der Waals surface area (Å²) in [6.45, 7) is 5.97. The number of rotatable bonds is 8. The zero-order valence-electron chi connectivity index (χ0n) is 23.6. The van der Waals surface area contributed by atoms with Crippen molar-refractivity contribution >= 4 is 44.2 Å². The van der Waals surface area contributed by atoms with Gasteiger partial charge in [-0.1, -0.05) is 29.5 Å². The zero-order chi connectivity index (χ0) is 29.3. The normalized spacial score (nSPS) is 16.5. The van der Waals surface area contributed by atoms with Crippen LogP contribution in [0.4, 0.5) is 10.8 Å². The van der Waals surface area contributed by atoms with Crippen LogP contribution in [0.25, 0.3) is 10.2 Å². The number of fused-ring (bicyclic) bond motifs is 1. The molecule has 2 N–H and O–H groups in total. The minimum Gasteiger partial charge on any atom is -0.457 e. The molecule has 2 aliphatic rings. The van der Waals surface area contributed by atoms with E-state index in [1.54, 1.807) is 12.1 Å². The van der Waals surface area contributed by atoms with Crippen molar-refractivity contribution in [1.29, 1.82) is 5.26 Å². The topological polar surface area (TPSA) is 111 Å². The maximum atomic E-state index is 13.1. The summed E-state index contributed by atoms with van der Waals surface area (Å²) in [4.78, 5) is 34.7. The molecule has 42 heavy (non-hydrogen) atoms. The first kappa shape index (κ1) is 27.8. The molecule has 0 bridgehead atoms. The number of carbonyl (C=O) groups excluding carboxylic acids is 2. The van der Waals surface area contributed by atoms with E-state index in [1.165, 1.54) is 11.3 Å². The molecule has 0 unspecified atom stereocenters. The maximum Gasteiger partial charge on any atom is 0.255 e. The average Bonchev–Trinajstić information content (AvgIpc) is 3.69. The van der Waals surface area contributed by atoms with Crippen LogP contribution in [0.15, 0.2) is 60.7 Å². The number of piperazine rings is 1. The molecule has 9 nitrogen and oxygen atoms in total.